The van der Waals surface area contributed by atoms with E-state index in [1.807, 2.05) is 18.3 Å². The van der Waals surface area contributed by atoms with Crippen LogP contribution in [0.5, 0.6) is 0 Å². The minimum absolute atomic E-state index is 0.327. The van der Waals surface area contributed by atoms with Crippen molar-refractivity contribution < 1.29 is 0 Å². The molecule has 0 bridgehead atoms. The second-order valence-corrected chi connectivity index (χ2v) is 5.65. The lowest BCUT2D eigenvalue weighted by Gasteiger charge is -2.21. The van der Waals surface area contributed by atoms with Crippen LogP contribution in [-0.2, 0) is 0 Å². The average molecular weight is 296 g/mol. The van der Waals surface area contributed by atoms with Gasteiger partial charge in [-0.05, 0) is 37.6 Å². The topological polar surface area (TPSA) is 40.7 Å². The summed E-state index contributed by atoms with van der Waals surface area (Å²) in [7, 11) is 0. The van der Waals surface area contributed by atoms with Crippen LogP contribution in [0.15, 0.2) is 24.4 Å². The minimum atomic E-state index is 0.327. The molecule has 1 unspecified atom stereocenters. The molecule has 0 aliphatic carbocycles. The number of rotatable bonds is 2. The first-order valence-corrected chi connectivity index (χ1v) is 7.23. The SMILES string of the molecule is Clc1ccc(-c2cnc(C3CCCCN3)[nH]2)c(Cl)c1. The first kappa shape index (κ1) is 13.0. The number of benzene rings is 1. The van der Waals surface area contributed by atoms with Crippen LogP contribution in [-0.4, -0.2) is 16.5 Å². The summed E-state index contributed by atoms with van der Waals surface area (Å²) in [6, 6.07) is 5.82. The molecule has 5 heteroatoms. The van der Waals surface area contributed by atoms with Gasteiger partial charge in [0, 0.05) is 10.6 Å². The summed E-state index contributed by atoms with van der Waals surface area (Å²) in [6.07, 6.45) is 5.45. The highest BCUT2D eigenvalue weighted by Gasteiger charge is 2.18. The lowest BCUT2D eigenvalue weighted by Crippen LogP contribution is -2.27. The van der Waals surface area contributed by atoms with Crippen molar-refractivity contribution in [1.82, 2.24) is 15.3 Å². The Labute approximate surface area is 122 Å². The zero-order valence-corrected chi connectivity index (χ0v) is 11.9. The Hall–Kier alpha value is -1.03. The first-order valence-electron chi connectivity index (χ1n) is 6.48. The number of nitrogens with zero attached hydrogens (tertiary/aromatic N) is 1. The molecule has 2 aromatic rings. The van der Waals surface area contributed by atoms with Gasteiger partial charge in [0.2, 0.25) is 0 Å². The molecule has 1 fully saturated rings. The maximum absolute atomic E-state index is 6.21. The molecule has 1 aromatic heterocycles. The van der Waals surface area contributed by atoms with Gasteiger partial charge in [-0.15, -0.1) is 0 Å². The fourth-order valence-corrected chi connectivity index (χ4v) is 2.95. The van der Waals surface area contributed by atoms with Crippen LogP contribution in [0.1, 0.15) is 31.1 Å². The van der Waals surface area contributed by atoms with Crippen LogP contribution in [0.4, 0.5) is 0 Å². The highest BCUT2D eigenvalue weighted by atomic mass is 35.5. The second-order valence-electron chi connectivity index (χ2n) is 4.81. The molecule has 1 aromatic carbocycles. The second kappa shape index (κ2) is 5.53. The predicted molar refractivity (Wildman–Crippen MR) is 78.6 cm³/mol. The Kier molecular flexibility index (Phi) is 3.78. The number of piperidine rings is 1. The number of nitrogens with one attached hydrogen (secondary N) is 2. The summed E-state index contributed by atoms with van der Waals surface area (Å²) in [5.74, 6) is 0.987. The molecule has 19 heavy (non-hydrogen) atoms. The van der Waals surface area contributed by atoms with Crippen molar-refractivity contribution in [1.29, 1.82) is 0 Å². The van der Waals surface area contributed by atoms with Gasteiger partial charge < -0.3 is 10.3 Å². The van der Waals surface area contributed by atoms with Gasteiger partial charge >= 0.3 is 0 Å². The van der Waals surface area contributed by atoms with Crippen LogP contribution in [0.25, 0.3) is 11.3 Å². The molecule has 0 amide bonds. The van der Waals surface area contributed by atoms with Crippen molar-refractivity contribution in [2.45, 2.75) is 25.3 Å². The highest BCUT2D eigenvalue weighted by Crippen LogP contribution is 2.30. The lowest BCUT2D eigenvalue weighted by molar-refractivity contribution is 0.399. The van der Waals surface area contributed by atoms with Gasteiger partial charge in [0.1, 0.15) is 5.82 Å². The van der Waals surface area contributed by atoms with Gasteiger partial charge in [0.25, 0.3) is 0 Å². The van der Waals surface area contributed by atoms with Gasteiger partial charge in [-0.25, -0.2) is 4.98 Å². The van der Waals surface area contributed by atoms with Crippen LogP contribution in [0.3, 0.4) is 0 Å². The molecule has 0 saturated carbocycles. The van der Waals surface area contributed by atoms with Crippen molar-refractivity contribution in [3.05, 3.63) is 40.3 Å². The highest BCUT2D eigenvalue weighted by molar-refractivity contribution is 6.36. The van der Waals surface area contributed by atoms with Gasteiger partial charge in [-0.3, -0.25) is 0 Å². The quantitative estimate of drug-likeness (QED) is 0.872. The average Bonchev–Trinajstić information content (AvgIpc) is 2.89. The number of halogens is 2. The van der Waals surface area contributed by atoms with E-state index in [1.54, 1.807) is 6.07 Å². The zero-order valence-electron chi connectivity index (χ0n) is 10.4. The number of hydrogen-bond acceptors (Lipinski definition) is 2. The Morgan fingerprint density at radius 3 is 2.84 bits per heavy atom. The molecule has 3 nitrogen and oxygen atoms in total. The van der Waals surface area contributed by atoms with E-state index in [1.165, 1.54) is 12.8 Å². The molecular weight excluding hydrogens is 281 g/mol. The van der Waals surface area contributed by atoms with Crippen molar-refractivity contribution >= 4 is 23.2 Å². The molecule has 3 rings (SSSR count). The van der Waals surface area contributed by atoms with Crippen LogP contribution in [0.2, 0.25) is 10.0 Å². The molecule has 100 valence electrons. The lowest BCUT2D eigenvalue weighted by atomic mass is 10.0. The molecule has 1 aliphatic heterocycles. The zero-order chi connectivity index (χ0) is 13.2. The molecule has 2 heterocycles. The first-order chi connectivity index (χ1) is 9.24. The van der Waals surface area contributed by atoms with E-state index in [2.05, 4.69) is 15.3 Å². The van der Waals surface area contributed by atoms with Gasteiger partial charge in [0.05, 0.1) is 23.0 Å². The van der Waals surface area contributed by atoms with Crippen molar-refractivity contribution in [3.63, 3.8) is 0 Å². The van der Waals surface area contributed by atoms with E-state index in [9.17, 15) is 0 Å². The van der Waals surface area contributed by atoms with E-state index in [0.717, 1.165) is 30.0 Å². The van der Waals surface area contributed by atoms with Crippen molar-refractivity contribution in [3.8, 4) is 11.3 Å². The van der Waals surface area contributed by atoms with Crippen molar-refractivity contribution in [2.24, 2.45) is 0 Å². The molecule has 2 N–H and O–H groups in total. The Balaban J connectivity index is 1.87. The number of aromatic nitrogens is 2. The molecule has 0 radical (unpaired) electrons. The fraction of sp³-hybridized carbons (Fsp3) is 0.357. The van der Waals surface area contributed by atoms with E-state index in [0.29, 0.717) is 16.1 Å². The van der Waals surface area contributed by atoms with E-state index in [4.69, 9.17) is 23.2 Å². The largest absolute Gasteiger partial charge is 0.341 e. The maximum Gasteiger partial charge on any atom is 0.123 e. The Bertz CT molecular complexity index is 574. The molecule has 1 atom stereocenters. The normalized spacial score (nSPS) is 19.6. The summed E-state index contributed by atoms with van der Waals surface area (Å²) in [5.41, 5.74) is 1.87. The number of hydrogen-bond donors (Lipinski definition) is 2. The fourth-order valence-electron chi connectivity index (χ4n) is 2.44. The Morgan fingerprint density at radius 1 is 1.21 bits per heavy atom. The third kappa shape index (κ3) is 2.78. The number of H-pyrrole nitrogens is 1. The third-order valence-electron chi connectivity index (χ3n) is 3.46. The molecular formula is C14H15Cl2N3. The van der Waals surface area contributed by atoms with E-state index in [-0.39, 0.29) is 0 Å². The van der Waals surface area contributed by atoms with Crippen molar-refractivity contribution in [2.75, 3.05) is 6.54 Å². The summed E-state index contributed by atoms with van der Waals surface area (Å²) >= 11 is 12.1. The van der Waals surface area contributed by atoms with Crippen LogP contribution >= 0.6 is 23.2 Å². The number of imidazole rings is 1. The number of aromatic amines is 1. The monoisotopic (exact) mass is 295 g/mol. The van der Waals surface area contributed by atoms with Gasteiger partial charge in [-0.2, -0.15) is 0 Å². The summed E-state index contributed by atoms with van der Waals surface area (Å²) in [6.45, 7) is 1.06. The smallest absolute Gasteiger partial charge is 0.123 e. The minimum Gasteiger partial charge on any atom is -0.341 e. The molecule has 1 aliphatic rings. The summed E-state index contributed by atoms with van der Waals surface area (Å²) in [5, 5.41) is 4.76. The standard InChI is InChI=1S/C14H15Cl2N3/c15-9-4-5-10(11(16)7-9)13-8-18-14(19-13)12-3-1-2-6-17-12/h4-5,7-8,12,17H,1-3,6H2,(H,18,19). The van der Waals surface area contributed by atoms with E-state index < -0.39 is 0 Å². The summed E-state index contributed by atoms with van der Waals surface area (Å²) < 4.78 is 0. The van der Waals surface area contributed by atoms with E-state index >= 15 is 0 Å². The van der Waals surface area contributed by atoms with Gasteiger partial charge in [0.15, 0.2) is 0 Å². The third-order valence-corrected chi connectivity index (χ3v) is 4.00. The van der Waals surface area contributed by atoms with Crippen LogP contribution < -0.4 is 5.32 Å². The maximum atomic E-state index is 6.21. The van der Waals surface area contributed by atoms with Gasteiger partial charge in [-0.1, -0.05) is 29.6 Å². The molecule has 1 saturated heterocycles. The predicted octanol–water partition coefficient (Wildman–Crippen LogP) is 4.20. The Morgan fingerprint density at radius 2 is 2.11 bits per heavy atom. The summed E-state index contributed by atoms with van der Waals surface area (Å²) in [4.78, 5) is 7.83. The van der Waals surface area contributed by atoms with Crippen LogP contribution in [0, 0.1) is 0 Å². The molecule has 0 spiro atoms.